The average molecular weight is 354 g/mol. The number of likely N-dealkylation sites (tertiary alicyclic amines) is 1. The molecule has 3 rings (SSSR count). The summed E-state index contributed by atoms with van der Waals surface area (Å²) in [7, 11) is 0. The van der Waals surface area contributed by atoms with Crippen molar-refractivity contribution >= 4 is 29.7 Å². The molecule has 0 unspecified atom stereocenters. The summed E-state index contributed by atoms with van der Waals surface area (Å²) in [5.41, 5.74) is 7.51. The molecule has 0 spiro atoms. The Bertz CT molecular complexity index is 752. The summed E-state index contributed by atoms with van der Waals surface area (Å²) in [6.07, 6.45) is 8.57. The zero-order valence-corrected chi connectivity index (χ0v) is 15.1. The highest BCUT2D eigenvalue weighted by Gasteiger charge is 2.22. The van der Waals surface area contributed by atoms with Gasteiger partial charge >= 0.3 is 0 Å². The number of piperidine rings is 1. The number of nitrogens with zero attached hydrogens (tertiary/aromatic N) is 3. The fourth-order valence-electron chi connectivity index (χ4n) is 2.78. The lowest BCUT2D eigenvalue weighted by atomic mass is 10.1. The van der Waals surface area contributed by atoms with Crippen LogP contribution in [0.1, 0.15) is 24.0 Å². The van der Waals surface area contributed by atoms with Crippen molar-refractivity contribution in [3.8, 4) is 0 Å². The second-order valence-electron chi connectivity index (χ2n) is 6.17. The third-order valence-electron chi connectivity index (χ3n) is 4.16. The Morgan fingerprint density at radius 1 is 1.28 bits per heavy atom. The molecule has 2 aromatic rings. The number of carbonyl (C=O) groups is 1. The highest BCUT2D eigenvalue weighted by molar-refractivity contribution is 8.00. The van der Waals surface area contributed by atoms with Crippen LogP contribution in [0.4, 0.5) is 5.95 Å². The zero-order chi connectivity index (χ0) is 17.6. The van der Waals surface area contributed by atoms with Crippen LogP contribution in [0, 0.1) is 6.92 Å². The van der Waals surface area contributed by atoms with Crippen molar-refractivity contribution in [3.63, 3.8) is 0 Å². The van der Waals surface area contributed by atoms with E-state index in [-0.39, 0.29) is 11.9 Å². The van der Waals surface area contributed by atoms with Gasteiger partial charge in [0, 0.05) is 47.3 Å². The van der Waals surface area contributed by atoms with E-state index in [2.05, 4.69) is 41.2 Å². The topological polar surface area (TPSA) is 72.1 Å². The monoisotopic (exact) mass is 354 g/mol. The normalized spacial score (nSPS) is 15.6. The molecule has 130 valence electrons. The summed E-state index contributed by atoms with van der Waals surface area (Å²) in [6.45, 7) is 3.71. The molecule has 1 aliphatic rings. The SMILES string of the molecule is Cc1cccc(SC2CCN(C(=O)C=Cc3cnc(N)nc3)CC2)c1. The van der Waals surface area contributed by atoms with Crippen LogP contribution in [-0.2, 0) is 4.79 Å². The zero-order valence-electron chi connectivity index (χ0n) is 14.3. The minimum Gasteiger partial charge on any atom is -0.368 e. The molecule has 2 N–H and O–H groups in total. The third kappa shape index (κ3) is 5.06. The van der Waals surface area contributed by atoms with Crippen LogP contribution in [0.25, 0.3) is 6.08 Å². The first-order chi connectivity index (χ1) is 12.1. The summed E-state index contributed by atoms with van der Waals surface area (Å²) < 4.78 is 0. The lowest BCUT2D eigenvalue weighted by Gasteiger charge is -2.31. The summed E-state index contributed by atoms with van der Waals surface area (Å²) in [4.78, 5) is 23.4. The summed E-state index contributed by atoms with van der Waals surface area (Å²) in [6, 6.07) is 8.60. The molecule has 0 atom stereocenters. The van der Waals surface area contributed by atoms with E-state index in [1.54, 1.807) is 24.5 Å². The van der Waals surface area contributed by atoms with Crippen molar-refractivity contribution in [3.05, 3.63) is 53.9 Å². The van der Waals surface area contributed by atoms with Crippen LogP contribution in [0.5, 0.6) is 0 Å². The number of anilines is 1. The molecule has 0 bridgehead atoms. The van der Waals surface area contributed by atoms with Crippen molar-refractivity contribution in [1.82, 2.24) is 14.9 Å². The number of benzene rings is 1. The molecule has 0 aliphatic carbocycles. The average Bonchev–Trinajstić information content (AvgIpc) is 2.62. The van der Waals surface area contributed by atoms with Crippen LogP contribution >= 0.6 is 11.8 Å². The van der Waals surface area contributed by atoms with Crippen LogP contribution in [0.2, 0.25) is 0 Å². The Morgan fingerprint density at radius 3 is 2.68 bits per heavy atom. The van der Waals surface area contributed by atoms with Crippen molar-refractivity contribution in [2.45, 2.75) is 29.9 Å². The molecule has 0 radical (unpaired) electrons. The van der Waals surface area contributed by atoms with Gasteiger partial charge in [-0.3, -0.25) is 4.79 Å². The number of nitrogens with two attached hydrogens (primary N) is 1. The van der Waals surface area contributed by atoms with E-state index in [1.807, 2.05) is 16.7 Å². The smallest absolute Gasteiger partial charge is 0.246 e. The van der Waals surface area contributed by atoms with E-state index in [9.17, 15) is 4.79 Å². The molecule has 1 aromatic heterocycles. The maximum atomic E-state index is 12.3. The molecule has 1 fully saturated rings. The maximum absolute atomic E-state index is 12.3. The Morgan fingerprint density at radius 2 is 2.00 bits per heavy atom. The third-order valence-corrected chi connectivity index (χ3v) is 5.49. The molecular weight excluding hydrogens is 332 g/mol. The van der Waals surface area contributed by atoms with Crippen molar-refractivity contribution in [2.24, 2.45) is 0 Å². The summed E-state index contributed by atoms with van der Waals surface area (Å²) >= 11 is 1.92. The first-order valence-corrected chi connectivity index (χ1v) is 9.26. The predicted octanol–water partition coefficient (Wildman–Crippen LogP) is 3.16. The minimum atomic E-state index is 0.0378. The van der Waals surface area contributed by atoms with E-state index >= 15 is 0 Å². The van der Waals surface area contributed by atoms with Gasteiger partial charge in [-0.05, 0) is 38.0 Å². The van der Waals surface area contributed by atoms with Crippen molar-refractivity contribution in [2.75, 3.05) is 18.8 Å². The first-order valence-electron chi connectivity index (χ1n) is 8.38. The van der Waals surface area contributed by atoms with Gasteiger partial charge in [0.1, 0.15) is 0 Å². The van der Waals surface area contributed by atoms with Gasteiger partial charge in [0.2, 0.25) is 11.9 Å². The predicted molar refractivity (Wildman–Crippen MR) is 102 cm³/mol. The molecule has 25 heavy (non-hydrogen) atoms. The number of carbonyl (C=O) groups excluding carboxylic acids is 1. The molecule has 1 amide bonds. The van der Waals surface area contributed by atoms with Crippen LogP contribution in [0.3, 0.4) is 0 Å². The first kappa shape index (κ1) is 17.5. The maximum Gasteiger partial charge on any atom is 0.246 e. The van der Waals surface area contributed by atoms with E-state index < -0.39 is 0 Å². The van der Waals surface area contributed by atoms with Crippen LogP contribution in [-0.4, -0.2) is 39.1 Å². The minimum absolute atomic E-state index is 0.0378. The number of hydrogen-bond acceptors (Lipinski definition) is 5. The van der Waals surface area contributed by atoms with Gasteiger partial charge in [-0.2, -0.15) is 0 Å². The highest BCUT2D eigenvalue weighted by Crippen LogP contribution is 2.30. The number of nitrogen functional groups attached to an aromatic ring is 1. The molecule has 5 nitrogen and oxygen atoms in total. The standard InChI is InChI=1S/C19H22N4OS/c1-14-3-2-4-17(11-14)25-16-7-9-23(10-8-16)18(24)6-5-15-12-21-19(20)22-13-15/h2-6,11-13,16H,7-10H2,1H3,(H2,20,21,22). The van der Waals surface area contributed by atoms with Gasteiger partial charge in [-0.25, -0.2) is 9.97 Å². The van der Waals surface area contributed by atoms with Gasteiger partial charge < -0.3 is 10.6 Å². The van der Waals surface area contributed by atoms with Gasteiger partial charge in [-0.15, -0.1) is 11.8 Å². The number of aromatic nitrogens is 2. The second-order valence-corrected chi connectivity index (χ2v) is 7.54. The fraction of sp³-hybridized carbons (Fsp3) is 0.316. The Labute approximate surface area is 152 Å². The van der Waals surface area contributed by atoms with E-state index in [1.165, 1.54) is 10.5 Å². The number of thioether (sulfide) groups is 1. The van der Waals surface area contributed by atoms with E-state index in [0.29, 0.717) is 5.25 Å². The van der Waals surface area contributed by atoms with Gasteiger partial charge in [-0.1, -0.05) is 17.7 Å². The van der Waals surface area contributed by atoms with Crippen LogP contribution in [0.15, 0.2) is 47.6 Å². The van der Waals surface area contributed by atoms with E-state index in [0.717, 1.165) is 31.5 Å². The largest absolute Gasteiger partial charge is 0.368 e. The fourth-order valence-corrected chi connectivity index (χ4v) is 4.02. The van der Waals surface area contributed by atoms with Gasteiger partial charge in [0.25, 0.3) is 0 Å². The van der Waals surface area contributed by atoms with Crippen molar-refractivity contribution in [1.29, 1.82) is 0 Å². The molecule has 1 aromatic carbocycles. The lowest BCUT2D eigenvalue weighted by molar-refractivity contribution is -0.126. The number of rotatable bonds is 4. The Balaban J connectivity index is 1.49. The number of hydrogen-bond donors (Lipinski definition) is 1. The van der Waals surface area contributed by atoms with Crippen LogP contribution < -0.4 is 5.73 Å². The summed E-state index contributed by atoms with van der Waals surface area (Å²) in [5, 5.41) is 0.570. The molecular formula is C19H22N4OS. The number of amides is 1. The molecule has 0 saturated carbocycles. The molecule has 2 heterocycles. The second kappa shape index (κ2) is 8.16. The molecule has 6 heteroatoms. The van der Waals surface area contributed by atoms with Gasteiger partial charge in [0.15, 0.2) is 0 Å². The summed E-state index contributed by atoms with van der Waals surface area (Å²) in [5.74, 6) is 0.271. The molecule has 1 aliphatic heterocycles. The molecule has 1 saturated heterocycles. The quantitative estimate of drug-likeness (QED) is 0.854. The van der Waals surface area contributed by atoms with E-state index in [4.69, 9.17) is 5.73 Å². The Hall–Kier alpha value is -2.34. The number of aryl methyl sites for hydroxylation is 1. The lowest BCUT2D eigenvalue weighted by Crippen LogP contribution is -2.38. The van der Waals surface area contributed by atoms with Gasteiger partial charge in [0.05, 0.1) is 0 Å². The Kier molecular flexibility index (Phi) is 5.71. The van der Waals surface area contributed by atoms with Crippen molar-refractivity contribution < 1.29 is 4.79 Å². The highest BCUT2D eigenvalue weighted by atomic mass is 32.2.